The largest absolute Gasteiger partial charge is 0.508 e. The first-order chi connectivity index (χ1) is 6.99. The molecular formula is C9H11BF2O3. The number of hydrogen-bond donors (Lipinski definition) is 3. The predicted molar refractivity (Wildman–Crippen MR) is 51.8 cm³/mol. The molecule has 0 bridgehead atoms. The van der Waals surface area contributed by atoms with Crippen LogP contribution in [-0.4, -0.2) is 22.3 Å². The van der Waals surface area contributed by atoms with Crippen LogP contribution >= 0.6 is 0 Å². The molecule has 82 valence electrons. The van der Waals surface area contributed by atoms with E-state index in [2.05, 4.69) is 0 Å². The van der Waals surface area contributed by atoms with E-state index in [-0.39, 0.29) is 12.0 Å². The van der Waals surface area contributed by atoms with Crippen LogP contribution in [0.4, 0.5) is 8.78 Å². The standard InChI is InChI=1S/C9H11BF2O3/c1-2-3-5-4-6(13)7(10(14)15)9(12)8(5)11/h4,13-15H,2-3H2,1H3. The lowest BCUT2D eigenvalue weighted by molar-refractivity contribution is 0.409. The summed E-state index contributed by atoms with van der Waals surface area (Å²) in [6.45, 7) is 1.78. The highest BCUT2D eigenvalue weighted by molar-refractivity contribution is 6.59. The topological polar surface area (TPSA) is 60.7 Å². The first kappa shape index (κ1) is 11.9. The molecule has 0 aliphatic heterocycles. The average molecular weight is 216 g/mol. The molecule has 0 saturated heterocycles. The van der Waals surface area contributed by atoms with E-state index >= 15 is 0 Å². The summed E-state index contributed by atoms with van der Waals surface area (Å²) in [6.07, 6.45) is 0.870. The third-order valence-electron chi connectivity index (χ3n) is 2.08. The molecule has 0 unspecified atom stereocenters. The van der Waals surface area contributed by atoms with Crippen molar-refractivity contribution in [3.63, 3.8) is 0 Å². The Labute approximate surface area is 86.1 Å². The van der Waals surface area contributed by atoms with E-state index < -0.39 is 30.0 Å². The van der Waals surface area contributed by atoms with Crippen molar-refractivity contribution in [3.05, 3.63) is 23.3 Å². The number of aromatic hydroxyl groups is 1. The molecule has 1 aromatic carbocycles. The summed E-state index contributed by atoms with van der Waals surface area (Å²) < 4.78 is 26.5. The lowest BCUT2D eigenvalue weighted by Gasteiger charge is -2.09. The van der Waals surface area contributed by atoms with Crippen molar-refractivity contribution in [3.8, 4) is 5.75 Å². The van der Waals surface area contributed by atoms with Crippen molar-refractivity contribution < 1.29 is 23.9 Å². The van der Waals surface area contributed by atoms with Crippen molar-refractivity contribution in [2.24, 2.45) is 0 Å². The van der Waals surface area contributed by atoms with Crippen LogP contribution in [0.3, 0.4) is 0 Å². The highest BCUT2D eigenvalue weighted by Crippen LogP contribution is 2.19. The third-order valence-corrected chi connectivity index (χ3v) is 2.08. The Morgan fingerprint density at radius 3 is 2.33 bits per heavy atom. The summed E-state index contributed by atoms with van der Waals surface area (Å²) in [6, 6.07) is 1.01. The maximum absolute atomic E-state index is 13.3. The normalized spacial score (nSPS) is 10.5. The monoisotopic (exact) mass is 216 g/mol. The SMILES string of the molecule is CCCc1cc(O)c(B(O)O)c(F)c1F. The minimum Gasteiger partial charge on any atom is -0.508 e. The van der Waals surface area contributed by atoms with E-state index in [1.165, 1.54) is 0 Å². The van der Waals surface area contributed by atoms with Gasteiger partial charge in [0.15, 0.2) is 11.6 Å². The second kappa shape index (κ2) is 4.59. The molecular weight excluding hydrogens is 205 g/mol. The molecule has 0 radical (unpaired) electrons. The van der Waals surface area contributed by atoms with Crippen LogP contribution in [0.15, 0.2) is 6.07 Å². The van der Waals surface area contributed by atoms with Gasteiger partial charge in [-0.15, -0.1) is 0 Å². The molecule has 15 heavy (non-hydrogen) atoms. The van der Waals surface area contributed by atoms with Gasteiger partial charge in [-0.2, -0.15) is 0 Å². The van der Waals surface area contributed by atoms with Crippen LogP contribution in [0.5, 0.6) is 5.75 Å². The number of phenolic OH excluding ortho intramolecular Hbond substituents is 1. The minimum atomic E-state index is -2.23. The molecule has 1 aromatic rings. The zero-order chi connectivity index (χ0) is 11.6. The zero-order valence-corrected chi connectivity index (χ0v) is 8.17. The van der Waals surface area contributed by atoms with Crippen LogP contribution in [0.25, 0.3) is 0 Å². The van der Waals surface area contributed by atoms with E-state index in [1.807, 2.05) is 0 Å². The lowest BCUT2D eigenvalue weighted by atomic mass is 9.78. The van der Waals surface area contributed by atoms with Crippen LogP contribution in [0.2, 0.25) is 0 Å². The van der Waals surface area contributed by atoms with Crippen LogP contribution in [0, 0.1) is 11.6 Å². The second-order valence-corrected chi connectivity index (χ2v) is 3.22. The molecule has 0 aromatic heterocycles. The molecule has 0 amide bonds. The molecule has 0 spiro atoms. The zero-order valence-electron chi connectivity index (χ0n) is 8.17. The quantitative estimate of drug-likeness (QED) is 0.637. The fraction of sp³-hybridized carbons (Fsp3) is 0.333. The van der Waals surface area contributed by atoms with Gasteiger partial charge < -0.3 is 15.2 Å². The molecule has 3 nitrogen and oxygen atoms in total. The number of rotatable bonds is 3. The van der Waals surface area contributed by atoms with E-state index in [9.17, 15) is 13.9 Å². The average Bonchev–Trinajstić information content (AvgIpc) is 2.13. The Morgan fingerprint density at radius 2 is 1.87 bits per heavy atom. The van der Waals surface area contributed by atoms with Gasteiger partial charge in [0, 0.05) is 0 Å². The fourth-order valence-corrected chi connectivity index (χ4v) is 1.37. The van der Waals surface area contributed by atoms with Gasteiger partial charge in [0.1, 0.15) is 5.75 Å². The van der Waals surface area contributed by atoms with Gasteiger partial charge in [-0.05, 0) is 18.1 Å². The number of aryl methyl sites for hydroxylation is 1. The third kappa shape index (κ3) is 2.27. The summed E-state index contributed by atoms with van der Waals surface area (Å²) in [5, 5.41) is 26.7. The molecule has 0 atom stereocenters. The van der Waals surface area contributed by atoms with Gasteiger partial charge in [-0.3, -0.25) is 0 Å². The number of hydrogen-bond acceptors (Lipinski definition) is 3. The van der Waals surface area contributed by atoms with E-state index in [0.29, 0.717) is 6.42 Å². The molecule has 0 heterocycles. The first-order valence-electron chi connectivity index (χ1n) is 4.54. The van der Waals surface area contributed by atoms with Gasteiger partial charge in [-0.1, -0.05) is 13.3 Å². The van der Waals surface area contributed by atoms with E-state index in [0.717, 1.165) is 6.07 Å². The number of halogens is 2. The molecule has 0 aliphatic carbocycles. The second-order valence-electron chi connectivity index (χ2n) is 3.22. The van der Waals surface area contributed by atoms with Gasteiger partial charge in [0.25, 0.3) is 0 Å². The summed E-state index contributed by atoms with van der Waals surface area (Å²) in [5.74, 6) is -3.20. The molecule has 3 N–H and O–H groups in total. The minimum absolute atomic E-state index is 0.0249. The van der Waals surface area contributed by atoms with E-state index in [1.54, 1.807) is 6.92 Å². The maximum Gasteiger partial charge on any atom is 0.495 e. The molecule has 1 rings (SSSR count). The van der Waals surface area contributed by atoms with Crippen molar-refractivity contribution in [1.29, 1.82) is 0 Å². The number of phenols is 1. The van der Waals surface area contributed by atoms with Crippen molar-refractivity contribution in [2.45, 2.75) is 19.8 Å². The highest BCUT2D eigenvalue weighted by Gasteiger charge is 2.26. The number of benzene rings is 1. The molecule has 6 heteroatoms. The Hall–Kier alpha value is -1.14. The smallest absolute Gasteiger partial charge is 0.495 e. The summed E-state index contributed by atoms with van der Waals surface area (Å²) in [7, 11) is -2.23. The Morgan fingerprint density at radius 1 is 1.27 bits per heavy atom. The van der Waals surface area contributed by atoms with E-state index in [4.69, 9.17) is 10.0 Å². The predicted octanol–water partition coefficient (Wildman–Crippen LogP) is 0.303. The summed E-state index contributed by atoms with van der Waals surface area (Å²) in [5.41, 5.74) is -0.802. The van der Waals surface area contributed by atoms with Crippen molar-refractivity contribution >= 4 is 12.6 Å². The molecule has 0 saturated carbocycles. The Kier molecular flexibility index (Phi) is 3.65. The van der Waals surface area contributed by atoms with Crippen LogP contribution in [0.1, 0.15) is 18.9 Å². The lowest BCUT2D eigenvalue weighted by Crippen LogP contribution is -2.34. The van der Waals surface area contributed by atoms with Crippen molar-refractivity contribution in [1.82, 2.24) is 0 Å². The fourth-order valence-electron chi connectivity index (χ4n) is 1.37. The molecule has 0 aliphatic rings. The Balaban J connectivity index is 3.31. The van der Waals surface area contributed by atoms with Crippen LogP contribution in [-0.2, 0) is 6.42 Å². The van der Waals surface area contributed by atoms with Crippen molar-refractivity contribution in [2.75, 3.05) is 0 Å². The van der Waals surface area contributed by atoms with Gasteiger partial charge in [0.2, 0.25) is 0 Å². The Bertz CT molecular complexity index is 369. The summed E-state index contributed by atoms with van der Waals surface area (Å²) in [4.78, 5) is 0. The van der Waals surface area contributed by atoms with Gasteiger partial charge in [0.05, 0.1) is 5.46 Å². The molecule has 0 fully saturated rings. The highest BCUT2D eigenvalue weighted by atomic mass is 19.2. The van der Waals surface area contributed by atoms with Gasteiger partial charge in [-0.25, -0.2) is 8.78 Å². The van der Waals surface area contributed by atoms with Crippen LogP contribution < -0.4 is 5.46 Å². The van der Waals surface area contributed by atoms with Gasteiger partial charge >= 0.3 is 7.12 Å². The maximum atomic E-state index is 13.3. The first-order valence-corrected chi connectivity index (χ1v) is 4.54. The summed E-state index contributed by atoms with van der Waals surface area (Å²) >= 11 is 0.